The number of rotatable bonds is 5. The molecule has 0 radical (unpaired) electrons. The predicted octanol–water partition coefficient (Wildman–Crippen LogP) is 3.35. The second-order valence-electron chi connectivity index (χ2n) is 5.99. The van der Waals surface area contributed by atoms with Crippen LogP contribution >= 0.6 is 11.8 Å². The van der Waals surface area contributed by atoms with E-state index < -0.39 is 16.1 Å². The molecular formula is C18H17N3O5S. The van der Waals surface area contributed by atoms with Crippen LogP contribution in [0.5, 0.6) is 5.75 Å². The first-order chi connectivity index (χ1) is 12.9. The van der Waals surface area contributed by atoms with E-state index in [9.17, 15) is 19.7 Å². The molecule has 27 heavy (non-hydrogen) atoms. The third-order valence-corrected chi connectivity index (χ3v) is 5.28. The fraction of sp³-hybridized carbons (Fsp3) is 0.222. The molecule has 1 aliphatic rings. The summed E-state index contributed by atoms with van der Waals surface area (Å²) in [6.45, 7) is 1.73. The molecule has 1 atom stereocenters. The van der Waals surface area contributed by atoms with Gasteiger partial charge in [0.15, 0.2) is 0 Å². The normalized spacial score (nSPS) is 15.5. The van der Waals surface area contributed by atoms with Gasteiger partial charge in [-0.25, -0.2) is 0 Å². The highest BCUT2D eigenvalue weighted by Gasteiger charge is 2.30. The van der Waals surface area contributed by atoms with Gasteiger partial charge in [0.25, 0.3) is 5.69 Å². The van der Waals surface area contributed by atoms with Crippen molar-refractivity contribution in [1.82, 2.24) is 0 Å². The van der Waals surface area contributed by atoms with Crippen molar-refractivity contribution in [2.24, 2.45) is 0 Å². The zero-order chi connectivity index (χ0) is 19.6. The minimum atomic E-state index is -0.629. The number of carbonyl (C=O) groups is 2. The van der Waals surface area contributed by atoms with Gasteiger partial charge in [0.1, 0.15) is 11.4 Å². The Kier molecular flexibility index (Phi) is 5.31. The molecule has 0 aliphatic carbocycles. The third kappa shape index (κ3) is 4.20. The van der Waals surface area contributed by atoms with Gasteiger partial charge in [-0.3, -0.25) is 19.7 Å². The Bertz CT molecular complexity index is 931. The molecule has 140 valence electrons. The maximum absolute atomic E-state index is 12.4. The van der Waals surface area contributed by atoms with E-state index in [-0.39, 0.29) is 23.7 Å². The standard InChI is InChI=1S/C18H17N3O5S/c1-10-3-5-12(14(7-10)21(24)25)19-17(22)9-16-18(23)20-13-8-11(26-2)4-6-15(13)27-16/h3-8,16H,9H2,1-2H3,(H,19,22)(H,20,23). The van der Waals surface area contributed by atoms with Crippen molar-refractivity contribution in [1.29, 1.82) is 0 Å². The minimum absolute atomic E-state index is 0.104. The number of ether oxygens (including phenoxy) is 1. The highest BCUT2D eigenvalue weighted by atomic mass is 32.2. The molecule has 1 unspecified atom stereocenters. The lowest BCUT2D eigenvalue weighted by Gasteiger charge is -2.24. The molecular weight excluding hydrogens is 370 g/mol. The Labute approximate surface area is 159 Å². The molecule has 0 bridgehead atoms. The van der Waals surface area contributed by atoms with Crippen LogP contribution in [0.4, 0.5) is 17.1 Å². The number of anilines is 2. The number of thioether (sulfide) groups is 1. The lowest BCUT2D eigenvalue weighted by atomic mass is 10.2. The van der Waals surface area contributed by atoms with E-state index in [1.807, 2.05) is 6.07 Å². The Morgan fingerprint density at radius 2 is 2.11 bits per heavy atom. The van der Waals surface area contributed by atoms with Gasteiger partial charge in [0.05, 0.1) is 23.0 Å². The van der Waals surface area contributed by atoms with Crippen molar-refractivity contribution in [3.05, 3.63) is 52.1 Å². The van der Waals surface area contributed by atoms with E-state index >= 15 is 0 Å². The molecule has 1 aliphatic heterocycles. The van der Waals surface area contributed by atoms with Gasteiger partial charge < -0.3 is 15.4 Å². The Morgan fingerprint density at radius 1 is 1.33 bits per heavy atom. The van der Waals surface area contributed by atoms with Crippen LogP contribution in [0.25, 0.3) is 0 Å². The van der Waals surface area contributed by atoms with E-state index in [0.29, 0.717) is 17.0 Å². The van der Waals surface area contributed by atoms with Crippen molar-refractivity contribution in [3.63, 3.8) is 0 Å². The molecule has 0 spiro atoms. The lowest BCUT2D eigenvalue weighted by molar-refractivity contribution is -0.384. The summed E-state index contributed by atoms with van der Waals surface area (Å²) < 4.78 is 5.13. The minimum Gasteiger partial charge on any atom is -0.497 e. The van der Waals surface area contributed by atoms with Crippen LogP contribution in [0, 0.1) is 17.0 Å². The molecule has 1 heterocycles. The maximum atomic E-state index is 12.4. The van der Waals surface area contributed by atoms with E-state index in [4.69, 9.17) is 4.74 Å². The number of methoxy groups -OCH3 is 1. The molecule has 8 nitrogen and oxygen atoms in total. The molecule has 0 saturated carbocycles. The summed E-state index contributed by atoms with van der Waals surface area (Å²) in [6.07, 6.45) is -0.104. The summed E-state index contributed by atoms with van der Waals surface area (Å²) >= 11 is 1.27. The molecule has 0 aromatic heterocycles. The van der Waals surface area contributed by atoms with Gasteiger partial charge >= 0.3 is 0 Å². The number of aryl methyl sites for hydroxylation is 1. The summed E-state index contributed by atoms with van der Waals surface area (Å²) in [5, 5.41) is 15.8. The summed E-state index contributed by atoms with van der Waals surface area (Å²) in [7, 11) is 1.54. The fourth-order valence-corrected chi connectivity index (χ4v) is 3.75. The molecule has 2 aromatic rings. The zero-order valence-corrected chi connectivity index (χ0v) is 15.5. The number of fused-ring (bicyclic) bond motifs is 1. The first-order valence-corrected chi connectivity index (χ1v) is 8.96. The number of benzene rings is 2. The largest absolute Gasteiger partial charge is 0.497 e. The molecule has 9 heteroatoms. The number of hydrogen-bond donors (Lipinski definition) is 2. The molecule has 2 amide bonds. The van der Waals surface area contributed by atoms with Crippen molar-refractivity contribution >= 4 is 40.6 Å². The SMILES string of the molecule is COc1ccc2c(c1)NC(=O)C(CC(=O)Nc1ccc(C)cc1[N+](=O)[O-])S2. The number of nitrogens with one attached hydrogen (secondary N) is 2. The lowest BCUT2D eigenvalue weighted by Crippen LogP contribution is -2.32. The molecule has 3 rings (SSSR count). The Balaban J connectivity index is 1.71. The van der Waals surface area contributed by atoms with Crippen LogP contribution in [0.15, 0.2) is 41.3 Å². The van der Waals surface area contributed by atoms with Crippen LogP contribution < -0.4 is 15.4 Å². The van der Waals surface area contributed by atoms with Gasteiger partial charge in [0.2, 0.25) is 11.8 Å². The summed E-state index contributed by atoms with van der Waals surface area (Å²) in [4.78, 5) is 36.1. The van der Waals surface area contributed by atoms with Crippen LogP contribution in [-0.2, 0) is 9.59 Å². The van der Waals surface area contributed by atoms with Crippen LogP contribution in [0.2, 0.25) is 0 Å². The molecule has 2 N–H and O–H groups in total. The quantitative estimate of drug-likeness (QED) is 0.601. The van der Waals surface area contributed by atoms with Gasteiger partial charge in [0, 0.05) is 23.4 Å². The molecule has 0 fully saturated rings. The van der Waals surface area contributed by atoms with E-state index in [2.05, 4.69) is 10.6 Å². The maximum Gasteiger partial charge on any atom is 0.293 e. The van der Waals surface area contributed by atoms with Gasteiger partial charge in [-0.05, 0) is 30.7 Å². The number of nitrogens with zero attached hydrogens (tertiary/aromatic N) is 1. The van der Waals surface area contributed by atoms with E-state index in [1.54, 1.807) is 25.1 Å². The average Bonchev–Trinajstić information content (AvgIpc) is 2.63. The van der Waals surface area contributed by atoms with Crippen molar-refractivity contribution in [3.8, 4) is 5.75 Å². The topological polar surface area (TPSA) is 111 Å². The predicted molar refractivity (Wildman–Crippen MR) is 102 cm³/mol. The van der Waals surface area contributed by atoms with Gasteiger partial charge in [-0.1, -0.05) is 6.07 Å². The van der Waals surface area contributed by atoms with Crippen LogP contribution in [0.1, 0.15) is 12.0 Å². The molecule has 0 saturated heterocycles. The first-order valence-electron chi connectivity index (χ1n) is 8.08. The summed E-state index contributed by atoms with van der Waals surface area (Å²) in [5.41, 5.74) is 1.28. The smallest absolute Gasteiger partial charge is 0.293 e. The van der Waals surface area contributed by atoms with Gasteiger partial charge in [-0.2, -0.15) is 0 Å². The van der Waals surface area contributed by atoms with E-state index in [1.165, 1.54) is 31.0 Å². The van der Waals surface area contributed by atoms with Crippen LogP contribution in [0.3, 0.4) is 0 Å². The third-order valence-electron chi connectivity index (χ3n) is 4.00. The van der Waals surface area contributed by atoms with Crippen molar-refractivity contribution in [2.45, 2.75) is 23.5 Å². The zero-order valence-electron chi connectivity index (χ0n) is 14.6. The van der Waals surface area contributed by atoms with E-state index in [0.717, 1.165) is 4.90 Å². The van der Waals surface area contributed by atoms with Crippen LogP contribution in [-0.4, -0.2) is 29.1 Å². The highest BCUT2D eigenvalue weighted by molar-refractivity contribution is 8.01. The number of carbonyl (C=O) groups excluding carboxylic acids is 2. The molecule has 2 aromatic carbocycles. The monoisotopic (exact) mass is 387 g/mol. The Hall–Kier alpha value is -3.07. The second-order valence-corrected chi connectivity index (χ2v) is 7.23. The summed E-state index contributed by atoms with van der Waals surface area (Å²) in [6, 6.07) is 9.85. The fourth-order valence-electron chi connectivity index (χ4n) is 2.66. The van der Waals surface area contributed by atoms with Gasteiger partial charge in [-0.15, -0.1) is 11.8 Å². The highest BCUT2D eigenvalue weighted by Crippen LogP contribution is 2.39. The first kappa shape index (κ1) is 18.7. The number of amides is 2. The summed E-state index contributed by atoms with van der Waals surface area (Å²) in [5.74, 6) is -0.140. The second kappa shape index (κ2) is 7.67. The number of nitro groups is 1. The number of nitro benzene ring substituents is 1. The van der Waals surface area contributed by atoms with Crippen molar-refractivity contribution in [2.75, 3.05) is 17.7 Å². The Morgan fingerprint density at radius 3 is 2.81 bits per heavy atom. The van der Waals surface area contributed by atoms with Crippen molar-refractivity contribution < 1.29 is 19.2 Å². The number of hydrogen-bond acceptors (Lipinski definition) is 6. The average molecular weight is 387 g/mol.